The van der Waals surface area contributed by atoms with E-state index in [1.807, 2.05) is 29.4 Å². The number of nitrogens with zero attached hydrogens (tertiary/aromatic N) is 4. The van der Waals surface area contributed by atoms with Crippen LogP contribution in [0.15, 0.2) is 18.6 Å². The Bertz CT molecular complexity index is 512. The monoisotopic (exact) mass is 248 g/mol. The highest BCUT2D eigenvalue weighted by Crippen LogP contribution is 2.17. The molecule has 6 heteroatoms. The van der Waals surface area contributed by atoms with E-state index in [9.17, 15) is 0 Å². The van der Waals surface area contributed by atoms with Crippen molar-refractivity contribution in [3.05, 3.63) is 35.7 Å². The fourth-order valence-corrected chi connectivity index (χ4v) is 2.20. The van der Waals surface area contributed by atoms with Gasteiger partial charge in [-0.15, -0.1) is 0 Å². The minimum absolute atomic E-state index is 0.0406. The molecule has 0 saturated heterocycles. The van der Waals surface area contributed by atoms with Gasteiger partial charge in [0.05, 0.1) is 23.8 Å². The molecule has 0 saturated carbocycles. The molecule has 2 aromatic rings. The Hall–Kier alpha value is -1.66. The molecule has 1 unspecified atom stereocenters. The molecule has 0 aliphatic carbocycles. The number of nitrogens with one attached hydrogen (secondary N) is 1. The Morgan fingerprint density at radius 3 is 2.83 bits per heavy atom. The van der Waals surface area contributed by atoms with Crippen LogP contribution in [-0.4, -0.2) is 19.3 Å². The summed E-state index contributed by atoms with van der Waals surface area (Å²) in [5.74, 6) is 5.66. The molecule has 0 aliphatic heterocycles. The van der Waals surface area contributed by atoms with Crippen LogP contribution in [-0.2, 0) is 20.0 Å². The zero-order valence-electron chi connectivity index (χ0n) is 11.1. The van der Waals surface area contributed by atoms with Gasteiger partial charge in [-0.3, -0.25) is 16.0 Å². The van der Waals surface area contributed by atoms with E-state index in [0.29, 0.717) is 0 Å². The fourth-order valence-electron chi connectivity index (χ4n) is 2.20. The smallest absolute Gasteiger partial charge is 0.0946 e. The van der Waals surface area contributed by atoms with Crippen LogP contribution in [0, 0.1) is 6.92 Å². The second kappa shape index (κ2) is 5.32. The second-order valence-electron chi connectivity index (χ2n) is 4.45. The van der Waals surface area contributed by atoms with Crippen molar-refractivity contribution in [3.63, 3.8) is 0 Å². The summed E-state index contributed by atoms with van der Waals surface area (Å²) in [7, 11) is 1.97. The molecule has 0 aromatic carbocycles. The van der Waals surface area contributed by atoms with Gasteiger partial charge in [0.2, 0.25) is 0 Å². The summed E-state index contributed by atoms with van der Waals surface area (Å²) in [5.41, 5.74) is 6.14. The third kappa shape index (κ3) is 2.44. The first-order chi connectivity index (χ1) is 8.65. The molecule has 2 aromatic heterocycles. The van der Waals surface area contributed by atoms with Gasteiger partial charge in [-0.25, -0.2) is 4.98 Å². The van der Waals surface area contributed by atoms with Gasteiger partial charge in [0.15, 0.2) is 0 Å². The first-order valence-electron chi connectivity index (χ1n) is 6.11. The lowest BCUT2D eigenvalue weighted by molar-refractivity contribution is 0.495. The lowest BCUT2D eigenvalue weighted by Crippen LogP contribution is -2.31. The molecule has 1 atom stereocenters. The third-order valence-corrected chi connectivity index (χ3v) is 3.11. The fraction of sp³-hybridized carbons (Fsp3) is 0.500. The number of aromatic nitrogens is 4. The zero-order valence-corrected chi connectivity index (χ0v) is 11.1. The lowest BCUT2D eigenvalue weighted by atomic mass is 10.1. The molecule has 0 bridgehead atoms. The normalized spacial score (nSPS) is 12.9. The molecule has 98 valence electrons. The number of imidazole rings is 1. The van der Waals surface area contributed by atoms with Crippen molar-refractivity contribution in [2.24, 2.45) is 12.9 Å². The van der Waals surface area contributed by atoms with Crippen LogP contribution in [0.1, 0.15) is 30.0 Å². The number of rotatable bonds is 5. The van der Waals surface area contributed by atoms with Gasteiger partial charge in [0.25, 0.3) is 0 Å². The first-order valence-corrected chi connectivity index (χ1v) is 6.11. The number of hydrogen-bond donors (Lipinski definition) is 2. The maximum Gasteiger partial charge on any atom is 0.0946 e. The molecule has 0 aliphatic rings. The van der Waals surface area contributed by atoms with Crippen LogP contribution in [0.3, 0.4) is 0 Å². The summed E-state index contributed by atoms with van der Waals surface area (Å²) in [5, 5.41) is 4.45. The Kier molecular flexibility index (Phi) is 3.78. The van der Waals surface area contributed by atoms with Crippen LogP contribution in [0.4, 0.5) is 0 Å². The largest absolute Gasteiger partial charge is 0.336 e. The van der Waals surface area contributed by atoms with Gasteiger partial charge in [-0.2, -0.15) is 5.10 Å². The Labute approximate surface area is 107 Å². The molecule has 0 amide bonds. The van der Waals surface area contributed by atoms with Gasteiger partial charge < -0.3 is 4.57 Å². The predicted molar refractivity (Wildman–Crippen MR) is 69.6 cm³/mol. The minimum atomic E-state index is 0.0406. The van der Waals surface area contributed by atoms with Crippen LogP contribution in [0.2, 0.25) is 0 Å². The van der Waals surface area contributed by atoms with Crippen molar-refractivity contribution in [1.29, 1.82) is 0 Å². The van der Waals surface area contributed by atoms with Crippen molar-refractivity contribution >= 4 is 0 Å². The van der Waals surface area contributed by atoms with Gasteiger partial charge in [-0.05, 0) is 19.9 Å². The van der Waals surface area contributed by atoms with Crippen LogP contribution >= 0.6 is 0 Å². The van der Waals surface area contributed by atoms with Gasteiger partial charge in [-0.1, -0.05) is 0 Å². The number of hydrazine groups is 1. The zero-order chi connectivity index (χ0) is 13.1. The molecule has 2 rings (SSSR count). The topological polar surface area (TPSA) is 73.7 Å². The van der Waals surface area contributed by atoms with E-state index in [1.54, 1.807) is 6.33 Å². The minimum Gasteiger partial charge on any atom is -0.336 e. The Balaban J connectivity index is 2.23. The van der Waals surface area contributed by atoms with E-state index < -0.39 is 0 Å². The molecule has 18 heavy (non-hydrogen) atoms. The van der Waals surface area contributed by atoms with Crippen LogP contribution in [0.5, 0.6) is 0 Å². The molecule has 0 radical (unpaired) electrons. The summed E-state index contributed by atoms with van der Waals surface area (Å²) in [6.07, 6.45) is 4.41. The summed E-state index contributed by atoms with van der Waals surface area (Å²) < 4.78 is 3.99. The second-order valence-corrected chi connectivity index (χ2v) is 4.45. The van der Waals surface area contributed by atoms with E-state index >= 15 is 0 Å². The standard InChI is InChI=1S/C12H20N6/c1-4-18-10(5-9(2)16-18)6-11(15-13)12-7-14-8-17(12)3/h5,7-8,11,15H,4,6,13H2,1-3H3. The Morgan fingerprint density at radius 2 is 2.28 bits per heavy atom. The highest BCUT2D eigenvalue weighted by Gasteiger charge is 2.16. The van der Waals surface area contributed by atoms with Gasteiger partial charge in [0.1, 0.15) is 0 Å². The van der Waals surface area contributed by atoms with Crippen molar-refractivity contribution in [2.45, 2.75) is 32.9 Å². The van der Waals surface area contributed by atoms with Crippen LogP contribution in [0.25, 0.3) is 0 Å². The average molecular weight is 248 g/mol. The van der Waals surface area contributed by atoms with E-state index in [0.717, 1.165) is 24.4 Å². The highest BCUT2D eigenvalue weighted by atomic mass is 15.3. The van der Waals surface area contributed by atoms with E-state index in [1.165, 1.54) is 5.69 Å². The molecular formula is C12H20N6. The molecular weight excluding hydrogens is 228 g/mol. The third-order valence-electron chi connectivity index (χ3n) is 3.11. The highest BCUT2D eigenvalue weighted by molar-refractivity contribution is 5.14. The summed E-state index contributed by atoms with van der Waals surface area (Å²) in [4.78, 5) is 4.12. The molecule has 2 heterocycles. The van der Waals surface area contributed by atoms with Crippen molar-refractivity contribution in [1.82, 2.24) is 24.8 Å². The lowest BCUT2D eigenvalue weighted by Gasteiger charge is -2.16. The number of nitrogens with two attached hydrogens (primary N) is 1. The number of hydrogen-bond acceptors (Lipinski definition) is 4. The van der Waals surface area contributed by atoms with Crippen molar-refractivity contribution < 1.29 is 0 Å². The molecule has 0 spiro atoms. The van der Waals surface area contributed by atoms with Crippen molar-refractivity contribution in [2.75, 3.05) is 0 Å². The van der Waals surface area contributed by atoms with Crippen molar-refractivity contribution in [3.8, 4) is 0 Å². The molecule has 6 nitrogen and oxygen atoms in total. The number of aryl methyl sites for hydroxylation is 3. The quantitative estimate of drug-likeness (QED) is 0.603. The maximum atomic E-state index is 5.66. The first kappa shape index (κ1) is 12.8. The van der Waals surface area contributed by atoms with Gasteiger partial charge in [0, 0.05) is 31.9 Å². The van der Waals surface area contributed by atoms with Gasteiger partial charge >= 0.3 is 0 Å². The predicted octanol–water partition coefficient (Wildman–Crippen LogP) is 0.692. The summed E-state index contributed by atoms with van der Waals surface area (Å²) in [6, 6.07) is 2.14. The Morgan fingerprint density at radius 1 is 1.50 bits per heavy atom. The van der Waals surface area contributed by atoms with E-state index in [4.69, 9.17) is 5.84 Å². The molecule has 3 N–H and O–H groups in total. The van der Waals surface area contributed by atoms with E-state index in [2.05, 4.69) is 28.5 Å². The summed E-state index contributed by atoms with van der Waals surface area (Å²) in [6.45, 7) is 4.96. The van der Waals surface area contributed by atoms with Crippen LogP contribution < -0.4 is 11.3 Å². The average Bonchev–Trinajstić information content (AvgIpc) is 2.92. The SMILES string of the molecule is CCn1nc(C)cc1CC(NN)c1cncn1C. The molecule has 0 fully saturated rings. The maximum absolute atomic E-state index is 5.66. The summed E-state index contributed by atoms with van der Waals surface area (Å²) >= 11 is 0. The van der Waals surface area contributed by atoms with E-state index in [-0.39, 0.29) is 6.04 Å².